The van der Waals surface area contributed by atoms with Gasteiger partial charge in [-0.2, -0.15) is 0 Å². The molecule has 0 saturated carbocycles. The Morgan fingerprint density at radius 1 is 1.50 bits per heavy atom. The largest absolute Gasteiger partial charge is 0.273 e. The monoisotopic (exact) mass is 192 g/mol. The van der Waals surface area contributed by atoms with Gasteiger partial charge in [-0.25, -0.2) is 4.98 Å². The summed E-state index contributed by atoms with van der Waals surface area (Å²) >= 11 is 1.72. The van der Waals surface area contributed by atoms with Gasteiger partial charge in [0.2, 0.25) is 4.80 Å². The Morgan fingerprint density at radius 2 is 2.20 bits per heavy atom. The van der Waals surface area contributed by atoms with Crippen LogP contribution < -0.4 is 4.80 Å². The van der Waals surface area contributed by atoms with Gasteiger partial charge in [-0.15, -0.1) is 0 Å². The molecule has 0 aliphatic heterocycles. The molecule has 0 aromatic carbocycles. The van der Waals surface area contributed by atoms with Gasteiger partial charge >= 0.3 is 0 Å². The second-order valence-corrected chi connectivity index (χ2v) is 5.95. The molecule has 0 aliphatic rings. The fourth-order valence-electron chi connectivity index (χ4n) is 0.443. The molecule has 0 aliphatic carbocycles. The lowest BCUT2D eigenvalue weighted by Gasteiger charge is -1.96. The Labute approximate surface area is 71.2 Å². The second kappa shape index (κ2) is 3.50. The summed E-state index contributed by atoms with van der Waals surface area (Å²) in [6.07, 6.45) is 0. The minimum absolute atomic E-state index is 0.424. The highest BCUT2D eigenvalue weighted by molar-refractivity contribution is 8.03. The van der Waals surface area contributed by atoms with Gasteiger partial charge in [0.15, 0.2) is 4.34 Å². The van der Waals surface area contributed by atoms with Crippen molar-refractivity contribution in [2.75, 3.05) is 0 Å². The van der Waals surface area contributed by atoms with Gasteiger partial charge in [0, 0.05) is 5.25 Å². The molecule has 0 amide bonds. The maximum atomic E-state index is 7.16. The molecule has 0 radical (unpaired) electrons. The van der Waals surface area contributed by atoms with E-state index in [1.54, 1.807) is 22.1 Å². The molecule has 0 fully saturated rings. The lowest BCUT2D eigenvalue weighted by Crippen LogP contribution is -1.93. The molecule has 1 rings (SSSR count). The molecule has 1 aromatic rings. The van der Waals surface area contributed by atoms with Crippen molar-refractivity contribution in [2.24, 2.45) is 0 Å². The predicted molar refractivity (Wildman–Crippen MR) is 46.8 cm³/mol. The highest BCUT2D eigenvalue weighted by Crippen LogP contribution is 2.24. The zero-order valence-electron chi connectivity index (χ0n) is 5.75. The van der Waals surface area contributed by atoms with Crippen molar-refractivity contribution in [3.05, 3.63) is 4.80 Å². The molecule has 1 aromatic heterocycles. The molecule has 0 unspecified atom stereocenters. The van der Waals surface area contributed by atoms with Gasteiger partial charge in [0.05, 0.1) is 0 Å². The van der Waals surface area contributed by atoms with Crippen molar-refractivity contribution < 1.29 is 0 Å². The fourth-order valence-corrected chi connectivity index (χ4v) is 3.58. The highest BCUT2D eigenvalue weighted by atomic mass is 32.9. The summed E-state index contributed by atoms with van der Waals surface area (Å²) < 4.78 is 1.02. The summed E-state index contributed by atoms with van der Waals surface area (Å²) in [7, 11) is 3.01. The maximum Gasteiger partial charge on any atom is 0.213 e. The molecule has 2 nitrogen and oxygen atoms in total. The van der Waals surface area contributed by atoms with Gasteiger partial charge in [0.25, 0.3) is 0 Å². The van der Waals surface area contributed by atoms with Crippen LogP contribution in [-0.4, -0.2) is 10.2 Å². The van der Waals surface area contributed by atoms with Crippen LogP contribution >= 0.6 is 32.4 Å². The van der Waals surface area contributed by atoms with Gasteiger partial charge in [-0.05, 0) is 20.7 Å². The number of rotatable bonds is 2. The molecule has 1 N–H and O–H groups in total. The quantitative estimate of drug-likeness (QED) is 0.576. The van der Waals surface area contributed by atoms with E-state index in [2.05, 4.69) is 18.8 Å². The summed E-state index contributed by atoms with van der Waals surface area (Å²) in [6, 6.07) is 0. The van der Waals surface area contributed by atoms with Crippen molar-refractivity contribution in [1.29, 1.82) is 5.41 Å². The van der Waals surface area contributed by atoms with E-state index in [4.69, 9.17) is 5.41 Å². The molecular weight excluding hydrogens is 184 g/mol. The van der Waals surface area contributed by atoms with E-state index < -0.39 is 0 Å². The molecule has 56 valence electrons. The second-order valence-electron chi connectivity index (χ2n) is 2.02. The zero-order chi connectivity index (χ0) is 7.56. The van der Waals surface area contributed by atoms with Crippen LogP contribution in [0.1, 0.15) is 13.8 Å². The van der Waals surface area contributed by atoms with Crippen molar-refractivity contribution >= 4 is 32.4 Å². The van der Waals surface area contributed by atoms with Crippen LogP contribution in [0, 0.1) is 5.41 Å². The van der Waals surface area contributed by atoms with E-state index in [0.29, 0.717) is 10.1 Å². The molecular formula is C5H8N2S3. The Morgan fingerprint density at radius 3 is 2.60 bits per heavy atom. The van der Waals surface area contributed by atoms with Crippen LogP contribution in [0.25, 0.3) is 0 Å². The molecule has 0 spiro atoms. The summed E-state index contributed by atoms with van der Waals surface area (Å²) in [5.41, 5.74) is 0. The van der Waals surface area contributed by atoms with Gasteiger partial charge in [0.1, 0.15) is 0 Å². The third kappa shape index (κ3) is 2.40. The Kier molecular flexibility index (Phi) is 2.88. The molecule has 1 heterocycles. The summed E-state index contributed by atoms with van der Waals surface area (Å²) in [5.74, 6) is 0. The minimum Gasteiger partial charge on any atom is -0.273 e. The van der Waals surface area contributed by atoms with Crippen LogP contribution in [-0.2, 0) is 0 Å². The van der Waals surface area contributed by atoms with Crippen molar-refractivity contribution in [3.63, 3.8) is 0 Å². The number of nitrogens with one attached hydrogen (secondary N) is 1. The smallest absolute Gasteiger partial charge is 0.213 e. The van der Waals surface area contributed by atoms with Crippen molar-refractivity contribution in [1.82, 2.24) is 4.98 Å². The molecule has 5 heteroatoms. The first kappa shape index (κ1) is 8.23. The van der Waals surface area contributed by atoms with Crippen LogP contribution in [0.5, 0.6) is 0 Å². The van der Waals surface area contributed by atoms with Crippen LogP contribution in [0.3, 0.4) is 0 Å². The Hall–Kier alpha value is 0.130. The van der Waals surface area contributed by atoms with E-state index in [9.17, 15) is 0 Å². The lowest BCUT2D eigenvalue weighted by atomic mass is 10.6. The number of hydrogen-bond acceptors (Lipinski definition) is 5. The zero-order valence-corrected chi connectivity index (χ0v) is 8.20. The van der Waals surface area contributed by atoms with Gasteiger partial charge < -0.3 is 0 Å². The van der Waals surface area contributed by atoms with Crippen molar-refractivity contribution in [2.45, 2.75) is 23.4 Å². The Balaban J connectivity index is 2.67. The van der Waals surface area contributed by atoms with E-state index in [1.165, 1.54) is 10.3 Å². The Bertz CT molecular complexity index is 249. The molecule has 0 saturated heterocycles. The standard InChI is InChI=1S/C5H8N2S3/c1-3(2)8-5-7-4(6)9-10-5/h3,6H,1-2H3. The summed E-state index contributed by atoms with van der Waals surface area (Å²) in [5, 5.41) is 7.73. The number of aromatic nitrogens is 1. The maximum absolute atomic E-state index is 7.16. The highest BCUT2D eigenvalue weighted by Gasteiger charge is 2.00. The van der Waals surface area contributed by atoms with E-state index in [-0.39, 0.29) is 0 Å². The topological polar surface area (TPSA) is 36.7 Å². The van der Waals surface area contributed by atoms with Crippen LogP contribution in [0.4, 0.5) is 0 Å². The SMILES string of the molecule is CC(C)Sc1nc(=N)ss1. The average Bonchev–Trinajstić information content (AvgIpc) is 2.13. The van der Waals surface area contributed by atoms with E-state index in [1.807, 2.05) is 0 Å². The molecule has 10 heavy (non-hydrogen) atoms. The summed E-state index contributed by atoms with van der Waals surface area (Å²) in [6.45, 7) is 4.25. The predicted octanol–water partition coefficient (Wildman–Crippen LogP) is 2.18. The summed E-state index contributed by atoms with van der Waals surface area (Å²) in [4.78, 5) is 4.44. The first-order valence-electron chi connectivity index (χ1n) is 2.87. The average molecular weight is 192 g/mol. The molecule has 0 atom stereocenters. The lowest BCUT2D eigenvalue weighted by molar-refractivity contribution is 1.07. The third-order valence-electron chi connectivity index (χ3n) is 0.721. The van der Waals surface area contributed by atoms with Crippen molar-refractivity contribution in [3.8, 4) is 0 Å². The van der Waals surface area contributed by atoms with E-state index >= 15 is 0 Å². The number of thioether (sulfide) groups is 1. The van der Waals surface area contributed by atoms with Gasteiger partial charge in [-0.3, -0.25) is 5.41 Å². The van der Waals surface area contributed by atoms with Crippen LogP contribution in [0.2, 0.25) is 0 Å². The fraction of sp³-hybridized carbons (Fsp3) is 0.600. The first-order valence-corrected chi connectivity index (χ1v) is 5.90. The first-order chi connectivity index (χ1) is 4.68. The number of nitrogens with zero attached hydrogens (tertiary/aromatic N) is 1. The van der Waals surface area contributed by atoms with Gasteiger partial charge in [-0.1, -0.05) is 25.6 Å². The van der Waals surface area contributed by atoms with Crippen LogP contribution in [0.15, 0.2) is 4.34 Å². The molecule has 0 bridgehead atoms. The third-order valence-corrected chi connectivity index (χ3v) is 4.10. The van der Waals surface area contributed by atoms with E-state index in [0.717, 1.165) is 4.34 Å². The number of hydrogen-bond donors (Lipinski definition) is 1. The normalized spacial score (nSPS) is 10.7. The minimum atomic E-state index is 0.424.